The topological polar surface area (TPSA) is 71.6 Å². The van der Waals surface area contributed by atoms with Gasteiger partial charge in [0.2, 0.25) is 0 Å². The summed E-state index contributed by atoms with van der Waals surface area (Å²) in [4.78, 5) is 29.6. The maximum Gasteiger partial charge on any atom is 0.410 e. The number of esters is 1. The molecule has 26 heavy (non-hydrogen) atoms. The number of aromatic nitrogens is 1. The Hall–Kier alpha value is -2.50. The standard InChI is InChI=1S/C20H26N2O4/c1-20(2,3)26-19(24)22-12-11-14-13-7-5-6-8-15(13)21-18(14)16(22)9-10-17(23)25-4/h5-8,16,21H,9-12H2,1-4H3. The van der Waals surface area contributed by atoms with Crippen LogP contribution in [0.5, 0.6) is 0 Å². The Kier molecular flexibility index (Phi) is 4.94. The van der Waals surface area contributed by atoms with Crippen LogP contribution in [0.25, 0.3) is 10.9 Å². The second kappa shape index (κ2) is 7.02. The van der Waals surface area contributed by atoms with Gasteiger partial charge in [-0.3, -0.25) is 9.69 Å². The number of aromatic amines is 1. The number of carbonyl (C=O) groups is 2. The molecule has 1 amide bonds. The lowest BCUT2D eigenvalue weighted by Gasteiger charge is -2.36. The van der Waals surface area contributed by atoms with E-state index >= 15 is 0 Å². The van der Waals surface area contributed by atoms with E-state index in [4.69, 9.17) is 9.47 Å². The van der Waals surface area contributed by atoms with E-state index in [1.165, 1.54) is 18.1 Å². The van der Waals surface area contributed by atoms with Crippen molar-refractivity contribution in [1.82, 2.24) is 9.88 Å². The van der Waals surface area contributed by atoms with Crippen molar-refractivity contribution in [3.05, 3.63) is 35.5 Å². The smallest absolute Gasteiger partial charge is 0.410 e. The third-order valence-electron chi connectivity index (χ3n) is 4.64. The third kappa shape index (κ3) is 3.69. The molecule has 0 aliphatic carbocycles. The SMILES string of the molecule is COC(=O)CCC1c2[nH]c3ccccc3c2CCN1C(=O)OC(C)(C)C. The fraction of sp³-hybridized carbons (Fsp3) is 0.500. The van der Waals surface area contributed by atoms with E-state index in [9.17, 15) is 9.59 Å². The van der Waals surface area contributed by atoms with E-state index in [0.717, 1.165) is 17.6 Å². The molecule has 0 spiro atoms. The van der Waals surface area contributed by atoms with E-state index in [-0.39, 0.29) is 24.5 Å². The zero-order valence-corrected chi connectivity index (χ0v) is 15.8. The van der Waals surface area contributed by atoms with Crippen molar-refractivity contribution < 1.29 is 19.1 Å². The number of nitrogens with one attached hydrogen (secondary N) is 1. The molecule has 1 unspecified atom stereocenters. The summed E-state index contributed by atoms with van der Waals surface area (Å²) in [6.45, 7) is 6.13. The van der Waals surface area contributed by atoms with Gasteiger partial charge in [0.05, 0.1) is 13.2 Å². The van der Waals surface area contributed by atoms with Crippen molar-refractivity contribution in [2.24, 2.45) is 0 Å². The number of amides is 1. The predicted molar refractivity (Wildman–Crippen MR) is 98.9 cm³/mol. The van der Waals surface area contributed by atoms with Gasteiger partial charge in [0, 0.05) is 29.6 Å². The first-order valence-corrected chi connectivity index (χ1v) is 8.96. The van der Waals surface area contributed by atoms with E-state index in [0.29, 0.717) is 13.0 Å². The van der Waals surface area contributed by atoms with Gasteiger partial charge >= 0.3 is 12.1 Å². The van der Waals surface area contributed by atoms with Gasteiger partial charge in [-0.2, -0.15) is 0 Å². The molecule has 2 heterocycles. The van der Waals surface area contributed by atoms with Gasteiger partial charge in [0.1, 0.15) is 5.60 Å². The van der Waals surface area contributed by atoms with Gasteiger partial charge in [0.15, 0.2) is 0 Å². The van der Waals surface area contributed by atoms with Crippen molar-refractivity contribution >= 4 is 23.0 Å². The van der Waals surface area contributed by atoms with Crippen LogP contribution in [0, 0.1) is 0 Å². The lowest BCUT2D eigenvalue weighted by molar-refractivity contribution is -0.141. The zero-order chi connectivity index (χ0) is 18.9. The second-order valence-corrected chi connectivity index (χ2v) is 7.62. The molecule has 0 bridgehead atoms. The molecule has 6 nitrogen and oxygen atoms in total. The summed E-state index contributed by atoms with van der Waals surface area (Å²) in [6.07, 6.45) is 1.14. The summed E-state index contributed by atoms with van der Waals surface area (Å²) >= 11 is 0. The number of methoxy groups -OCH3 is 1. The predicted octanol–water partition coefficient (Wildman–Crippen LogP) is 3.96. The van der Waals surface area contributed by atoms with Crippen molar-refractivity contribution in [2.75, 3.05) is 13.7 Å². The first kappa shape index (κ1) is 18.3. The molecule has 2 aromatic rings. The lowest BCUT2D eigenvalue weighted by atomic mass is 9.94. The van der Waals surface area contributed by atoms with Crippen LogP contribution in [0.15, 0.2) is 24.3 Å². The normalized spacial score (nSPS) is 17.1. The number of nitrogens with zero attached hydrogens (tertiary/aromatic N) is 1. The van der Waals surface area contributed by atoms with Crippen molar-refractivity contribution in [2.45, 2.75) is 51.7 Å². The molecule has 6 heteroatoms. The number of rotatable bonds is 3. The van der Waals surface area contributed by atoms with Gasteiger partial charge in [-0.1, -0.05) is 18.2 Å². The fourth-order valence-corrected chi connectivity index (χ4v) is 3.51. The molecular weight excluding hydrogens is 332 g/mol. The second-order valence-electron chi connectivity index (χ2n) is 7.62. The van der Waals surface area contributed by atoms with Gasteiger partial charge < -0.3 is 14.5 Å². The van der Waals surface area contributed by atoms with Crippen molar-refractivity contribution in [3.8, 4) is 0 Å². The molecule has 1 aliphatic heterocycles. The number of hydrogen-bond acceptors (Lipinski definition) is 4. The molecule has 0 saturated heterocycles. The summed E-state index contributed by atoms with van der Waals surface area (Å²) in [7, 11) is 1.38. The summed E-state index contributed by atoms with van der Waals surface area (Å²) in [6, 6.07) is 7.88. The largest absolute Gasteiger partial charge is 0.469 e. The molecule has 1 atom stereocenters. The summed E-state index contributed by atoms with van der Waals surface area (Å²) in [5.41, 5.74) is 2.69. The van der Waals surface area contributed by atoms with Crippen LogP contribution >= 0.6 is 0 Å². The van der Waals surface area contributed by atoms with Crippen LogP contribution in [-0.2, 0) is 20.7 Å². The number of benzene rings is 1. The Morgan fingerprint density at radius 1 is 1.27 bits per heavy atom. The van der Waals surface area contributed by atoms with Gasteiger partial charge in [-0.05, 0) is 45.2 Å². The number of carbonyl (C=O) groups excluding carboxylic acids is 2. The average Bonchev–Trinajstić information content (AvgIpc) is 2.96. The maximum absolute atomic E-state index is 12.7. The first-order valence-electron chi connectivity index (χ1n) is 8.96. The Bertz CT molecular complexity index is 819. The molecule has 140 valence electrons. The first-order chi connectivity index (χ1) is 12.3. The Balaban J connectivity index is 1.95. The number of hydrogen-bond donors (Lipinski definition) is 1. The molecule has 0 saturated carbocycles. The number of fused-ring (bicyclic) bond motifs is 3. The number of ether oxygens (including phenoxy) is 2. The summed E-state index contributed by atoms with van der Waals surface area (Å²) < 4.78 is 10.4. The molecule has 3 rings (SSSR count). The molecule has 1 aliphatic rings. The Morgan fingerprint density at radius 2 is 2.00 bits per heavy atom. The van der Waals surface area contributed by atoms with Crippen LogP contribution in [0.4, 0.5) is 4.79 Å². The van der Waals surface area contributed by atoms with Gasteiger partial charge in [-0.25, -0.2) is 4.79 Å². The minimum Gasteiger partial charge on any atom is -0.469 e. The molecule has 0 radical (unpaired) electrons. The van der Waals surface area contributed by atoms with Crippen molar-refractivity contribution in [3.63, 3.8) is 0 Å². The maximum atomic E-state index is 12.7. The number of H-pyrrole nitrogens is 1. The van der Waals surface area contributed by atoms with Crippen LogP contribution in [0.3, 0.4) is 0 Å². The minimum absolute atomic E-state index is 0.236. The zero-order valence-electron chi connectivity index (χ0n) is 15.8. The lowest BCUT2D eigenvalue weighted by Crippen LogP contribution is -2.43. The highest BCUT2D eigenvalue weighted by molar-refractivity contribution is 5.85. The van der Waals surface area contributed by atoms with E-state index in [1.54, 1.807) is 4.90 Å². The molecule has 1 aromatic carbocycles. The summed E-state index contributed by atoms with van der Waals surface area (Å²) in [5, 5.41) is 1.18. The van der Waals surface area contributed by atoms with Crippen LogP contribution in [-0.4, -0.2) is 41.2 Å². The van der Waals surface area contributed by atoms with Crippen LogP contribution in [0.2, 0.25) is 0 Å². The fourth-order valence-electron chi connectivity index (χ4n) is 3.51. The average molecular weight is 358 g/mol. The Morgan fingerprint density at radius 3 is 2.69 bits per heavy atom. The highest BCUT2D eigenvalue weighted by Crippen LogP contribution is 2.37. The minimum atomic E-state index is -0.565. The highest BCUT2D eigenvalue weighted by Gasteiger charge is 2.35. The molecule has 0 fully saturated rings. The molecule has 1 N–H and O–H groups in total. The quantitative estimate of drug-likeness (QED) is 0.843. The van der Waals surface area contributed by atoms with Gasteiger partial charge in [-0.15, -0.1) is 0 Å². The van der Waals surface area contributed by atoms with E-state index in [1.807, 2.05) is 39.0 Å². The van der Waals surface area contributed by atoms with Crippen molar-refractivity contribution in [1.29, 1.82) is 0 Å². The Labute approximate surface area is 153 Å². The van der Waals surface area contributed by atoms with E-state index < -0.39 is 5.60 Å². The van der Waals surface area contributed by atoms with E-state index in [2.05, 4.69) is 11.1 Å². The monoisotopic (exact) mass is 358 g/mol. The molecule has 1 aromatic heterocycles. The summed E-state index contributed by atoms with van der Waals surface area (Å²) in [5.74, 6) is -0.280. The van der Waals surface area contributed by atoms with Crippen LogP contribution in [0.1, 0.15) is 50.9 Å². The van der Waals surface area contributed by atoms with Gasteiger partial charge in [0.25, 0.3) is 0 Å². The highest BCUT2D eigenvalue weighted by atomic mass is 16.6. The third-order valence-corrected chi connectivity index (χ3v) is 4.64. The number of para-hydroxylation sites is 1. The van der Waals surface area contributed by atoms with Crippen LogP contribution < -0.4 is 0 Å². The molecular formula is C20H26N2O4.